The van der Waals surface area contributed by atoms with Crippen LogP contribution in [0.15, 0.2) is 23.1 Å². The van der Waals surface area contributed by atoms with Gasteiger partial charge in [-0.1, -0.05) is 13.8 Å². The third kappa shape index (κ3) is 3.50. The molecule has 0 fully saturated rings. The van der Waals surface area contributed by atoms with Crippen molar-refractivity contribution >= 4 is 11.8 Å². The van der Waals surface area contributed by atoms with Crippen LogP contribution >= 0.6 is 11.8 Å². The largest absolute Gasteiger partial charge is 0.395 e. The van der Waals surface area contributed by atoms with Crippen molar-refractivity contribution in [1.29, 1.82) is 0 Å². The molecule has 0 saturated heterocycles. The van der Waals surface area contributed by atoms with E-state index in [9.17, 15) is 9.50 Å². The fraction of sp³-hybridized carbons (Fsp3) is 0.500. The number of aryl methyl sites for hydroxylation is 1. The van der Waals surface area contributed by atoms with Crippen LogP contribution in [0.25, 0.3) is 0 Å². The Labute approximate surface area is 94.7 Å². The van der Waals surface area contributed by atoms with Crippen LogP contribution in [-0.4, -0.2) is 17.0 Å². The van der Waals surface area contributed by atoms with E-state index in [1.807, 2.05) is 6.07 Å². The molecule has 0 spiro atoms. The zero-order valence-corrected chi connectivity index (χ0v) is 10.1. The van der Waals surface area contributed by atoms with Crippen molar-refractivity contribution in [2.75, 3.05) is 6.61 Å². The monoisotopic (exact) mass is 228 g/mol. The molecule has 0 bridgehead atoms. The molecule has 1 unspecified atom stereocenters. The highest BCUT2D eigenvalue weighted by Crippen LogP contribution is 2.28. The lowest BCUT2D eigenvalue weighted by Gasteiger charge is -2.17. The van der Waals surface area contributed by atoms with Crippen molar-refractivity contribution in [2.24, 2.45) is 5.92 Å². The van der Waals surface area contributed by atoms with E-state index in [4.69, 9.17) is 0 Å². The number of hydrogen-bond donors (Lipinski definition) is 1. The maximum atomic E-state index is 13.0. The van der Waals surface area contributed by atoms with Gasteiger partial charge < -0.3 is 5.11 Å². The standard InChI is InChI=1S/C12H17FOS/c1-8(2)12(7-14)15-10-4-5-11(13)9(3)6-10/h4-6,8,12,14H,7H2,1-3H3. The molecule has 0 saturated carbocycles. The quantitative estimate of drug-likeness (QED) is 0.798. The molecule has 0 aliphatic carbocycles. The van der Waals surface area contributed by atoms with Crippen LogP contribution in [0.1, 0.15) is 19.4 Å². The van der Waals surface area contributed by atoms with Crippen LogP contribution < -0.4 is 0 Å². The minimum absolute atomic E-state index is 0.152. The molecule has 0 amide bonds. The SMILES string of the molecule is Cc1cc(SC(CO)C(C)C)ccc1F. The molecule has 1 nitrogen and oxygen atoms in total. The van der Waals surface area contributed by atoms with E-state index in [0.717, 1.165) is 4.90 Å². The summed E-state index contributed by atoms with van der Waals surface area (Å²) in [4.78, 5) is 1.02. The van der Waals surface area contributed by atoms with Crippen LogP contribution in [-0.2, 0) is 0 Å². The molecule has 1 N–H and O–H groups in total. The van der Waals surface area contributed by atoms with Gasteiger partial charge in [-0.3, -0.25) is 0 Å². The van der Waals surface area contributed by atoms with E-state index in [-0.39, 0.29) is 17.7 Å². The summed E-state index contributed by atoms with van der Waals surface area (Å²) < 4.78 is 13.0. The molecular weight excluding hydrogens is 211 g/mol. The highest BCUT2D eigenvalue weighted by molar-refractivity contribution is 8.00. The van der Waals surface area contributed by atoms with Crippen molar-refractivity contribution in [1.82, 2.24) is 0 Å². The maximum absolute atomic E-state index is 13.0. The maximum Gasteiger partial charge on any atom is 0.126 e. The zero-order valence-electron chi connectivity index (χ0n) is 9.33. The van der Waals surface area contributed by atoms with E-state index >= 15 is 0 Å². The van der Waals surface area contributed by atoms with Gasteiger partial charge in [0.15, 0.2) is 0 Å². The Morgan fingerprint density at radius 1 is 1.40 bits per heavy atom. The Morgan fingerprint density at radius 2 is 2.07 bits per heavy atom. The van der Waals surface area contributed by atoms with E-state index < -0.39 is 0 Å². The lowest BCUT2D eigenvalue weighted by molar-refractivity contribution is 0.275. The zero-order chi connectivity index (χ0) is 11.4. The minimum Gasteiger partial charge on any atom is -0.395 e. The number of hydrogen-bond acceptors (Lipinski definition) is 2. The first-order valence-electron chi connectivity index (χ1n) is 5.08. The molecule has 84 valence electrons. The van der Waals surface area contributed by atoms with Gasteiger partial charge in [-0.05, 0) is 36.6 Å². The van der Waals surface area contributed by atoms with Crippen LogP contribution in [0.4, 0.5) is 4.39 Å². The highest BCUT2D eigenvalue weighted by Gasteiger charge is 2.13. The van der Waals surface area contributed by atoms with Crippen molar-refractivity contribution in [3.05, 3.63) is 29.6 Å². The van der Waals surface area contributed by atoms with Crippen LogP contribution in [0.2, 0.25) is 0 Å². The van der Waals surface area contributed by atoms with Gasteiger partial charge >= 0.3 is 0 Å². The normalized spacial score (nSPS) is 13.2. The Balaban J connectivity index is 2.75. The van der Waals surface area contributed by atoms with Gasteiger partial charge in [-0.2, -0.15) is 0 Å². The Bertz CT molecular complexity index is 325. The third-order valence-corrected chi connectivity index (χ3v) is 3.86. The molecule has 0 heterocycles. The lowest BCUT2D eigenvalue weighted by atomic mass is 10.1. The van der Waals surface area contributed by atoms with Crippen molar-refractivity contribution < 1.29 is 9.50 Å². The summed E-state index contributed by atoms with van der Waals surface area (Å²) >= 11 is 1.60. The molecule has 1 aromatic rings. The number of aliphatic hydroxyl groups excluding tert-OH is 1. The summed E-state index contributed by atoms with van der Waals surface area (Å²) in [5.74, 6) is 0.231. The molecular formula is C12H17FOS. The average Bonchev–Trinajstić information content (AvgIpc) is 2.19. The molecule has 0 aromatic heterocycles. The molecule has 0 aliphatic rings. The van der Waals surface area contributed by atoms with Crippen molar-refractivity contribution in [2.45, 2.75) is 30.9 Å². The topological polar surface area (TPSA) is 20.2 Å². The van der Waals surface area contributed by atoms with Crippen molar-refractivity contribution in [3.8, 4) is 0 Å². The Morgan fingerprint density at radius 3 is 2.53 bits per heavy atom. The number of thioether (sulfide) groups is 1. The molecule has 15 heavy (non-hydrogen) atoms. The first-order chi connectivity index (χ1) is 7.04. The van der Waals surface area contributed by atoms with E-state index in [1.54, 1.807) is 24.8 Å². The van der Waals surface area contributed by atoms with Gasteiger partial charge in [-0.15, -0.1) is 11.8 Å². The minimum atomic E-state index is -0.176. The second-order valence-corrected chi connectivity index (χ2v) is 5.31. The van der Waals surface area contributed by atoms with Crippen LogP contribution in [0, 0.1) is 18.7 Å². The van der Waals surface area contributed by atoms with E-state index in [0.29, 0.717) is 11.5 Å². The fourth-order valence-corrected chi connectivity index (χ4v) is 2.34. The number of benzene rings is 1. The smallest absolute Gasteiger partial charge is 0.126 e. The van der Waals surface area contributed by atoms with Gasteiger partial charge in [0.25, 0.3) is 0 Å². The van der Waals surface area contributed by atoms with Crippen LogP contribution in [0.3, 0.4) is 0 Å². The van der Waals surface area contributed by atoms with Crippen LogP contribution in [0.5, 0.6) is 0 Å². The summed E-state index contributed by atoms with van der Waals surface area (Å²) in [6, 6.07) is 5.06. The summed E-state index contributed by atoms with van der Waals surface area (Å²) in [5.41, 5.74) is 0.653. The van der Waals surface area contributed by atoms with E-state index in [1.165, 1.54) is 6.07 Å². The van der Waals surface area contributed by atoms with Gasteiger partial charge in [0.1, 0.15) is 5.82 Å². The summed E-state index contributed by atoms with van der Waals surface area (Å²) in [6.45, 7) is 6.05. The second-order valence-electron chi connectivity index (χ2n) is 3.99. The number of rotatable bonds is 4. The van der Waals surface area contributed by atoms with Gasteiger partial charge in [0.2, 0.25) is 0 Å². The summed E-state index contributed by atoms with van der Waals surface area (Å²) in [5, 5.41) is 9.36. The molecule has 1 rings (SSSR count). The molecule has 0 radical (unpaired) electrons. The summed E-state index contributed by atoms with van der Waals surface area (Å²) in [6.07, 6.45) is 0. The molecule has 0 aliphatic heterocycles. The predicted molar refractivity (Wildman–Crippen MR) is 62.7 cm³/mol. The third-order valence-electron chi connectivity index (χ3n) is 2.34. The van der Waals surface area contributed by atoms with Gasteiger partial charge in [-0.25, -0.2) is 4.39 Å². The molecule has 1 aromatic carbocycles. The number of aliphatic hydroxyl groups is 1. The lowest BCUT2D eigenvalue weighted by Crippen LogP contribution is -2.15. The fourth-order valence-electron chi connectivity index (χ4n) is 1.25. The van der Waals surface area contributed by atoms with Gasteiger partial charge in [0.05, 0.1) is 6.61 Å². The first kappa shape index (κ1) is 12.5. The average molecular weight is 228 g/mol. The predicted octanol–water partition coefficient (Wildman–Crippen LogP) is 3.24. The van der Waals surface area contributed by atoms with Gasteiger partial charge in [0, 0.05) is 10.1 Å². The summed E-state index contributed by atoms with van der Waals surface area (Å²) in [7, 11) is 0. The molecule has 1 atom stereocenters. The Hall–Kier alpha value is -0.540. The Kier molecular flexibility index (Phi) is 4.61. The second kappa shape index (κ2) is 5.52. The first-order valence-corrected chi connectivity index (χ1v) is 5.96. The number of halogens is 1. The van der Waals surface area contributed by atoms with Crippen molar-refractivity contribution in [3.63, 3.8) is 0 Å². The van der Waals surface area contributed by atoms with E-state index in [2.05, 4.69) is 13.8 Å². The molecule has 3 heteroatoms. The highest BCUT2D eigenvalue weighted by atomic mass is 32.2.